The van der Waals surface area contributed by atoms with E-state index in [1.54, 1.807) is 13.8 Å². The van der Waals surface area contributed by atoms with Gasteiger partial charge in [0, 0.05) is 11.4 Å². The predicted molar refractivity (Wildman–Crippen MR) is 74.1 cm³/mol. The van der Waals surface area contributed by atoms with Crippen molar-refractivity contribution in [2.75, 3.05) is 0 Å². The first-order chi connectivity index (χ1) is 8.84. The van der Waals surface area contributed by atoms with E-state index in [1.807, 2.05) is 13.0 Å². The Balaban J connectivity index is 4.71. The number of nitriles is 1. The average molecular weight is 263 g/mol. The molecular weight excluding hydrogens is 245 g/mol. The van der Waals surface area contributed by atoms with Gasteiger partial charge in [-0.15, -0.1) is 0 Å². The number of aliphatic imine (C=N–C) groups is 1. The number of carbonyl (C=O) groups excluding carboxylic acids is 1. The van der Waals surface area contributed by atoms with Crippen LogP contribution < -0.4 is 5.32 Å². The molecule has 0 fully saturated rings. The minimum absolute atomic E-state index is 0.271. The van der Waals surface area contributed by atoms with E-state index in [0.717, 1.165) is 12.3 Å². The SMILES string of the molecule is C=C(\C=C(F)/C=N/C(=C\C=O)CC)NC(C)(C)C#N. The van der Waals surface area contributed by atoms with Gasteiger partial charge in [-0.25, -0.2) is 4.39 Å². The second kappa shape index (κ2) is 7.98. The number of nitrogens with zero attached hydrogens (tertiary/aromatic N) is 2. The van der Waals surface area contributed by atoms with Gasteiger partial charge in [-0.1, -0.05) is 13.5 Å². The first-order valence-corrected chi connectivity index (χ1v) is 5.78. The van der Waals surface area contributed by atoms with Crippen LogP contribution in [0.4, 0.5) is 4.39 Å². The van der Waals surface area contributed by atoms with Gasteiger partial charge in [-0.05, 0) is 32.4 Å². The summed E-state index contributed by atoms with van der Waals surface area (Å²) in [6, 6.07) is 2.02. The molecule has 0 aliphatic carbocycles. The highest BCUT2D eigenvalue weighted by molar-refractivity contribution is 5.78. The monoisotopic (exact) mass is 263 g/mol. The van der Waals surface area contributed by atoms with E-state index in [2.05, 4.69) is 16.9 Å². The smallest absolute Gasteiger partial charge is 0.144 e. The maximum atomic E-state index is 13.5. The van der Waals surface area contributed by atoms with Crippen molar-refractivity contribution >= 4 is 12.5 Å². The Bertz CT molecular complexity index is 468. The molecule has 0 aromatic carbocycles. The number of allylic oxidation sites excluding steroid dienone is 4. The van der Waals surface area contributed by atoms with Gasteiger partial charge in [0.15, 0.2) is 0 Å². The third kappa shape index (κ3) is 7.66. The standard InChI is InChI=1S/C14H18FN3O/c1-5-13(6-7-19)17-9-12(15)8-11(2)18-14(3,4)10-16/h6-9,18H,2,5H2,1,3-4H3/b12-8+,13-6-,17-9+. The summed E-state index contributed by atoms with van der Waals surface area (Å²) in [6.45, 7) is 8.72. The quantitative estimate of drug-likeness (QED) is 0.332. The van der Waals surface area contributed by atoms with Gasteiger partial charge >= 0.3 is 0 Å². The van der Waals surface area contributed by atoms with E-state index in [0.29, 0.717) is 18.4 Å². The van der Waals surface area contributed by atoms with Gasteiger partial charge in [-0.3, -0.25) is 9.79 Å². The highest BCUT2D eigenvalue weighted by Gasteiger charge is 2.15. The van der Waals surface area contributed by atoms with E-state index in [1.165, 1.54) is 6.08 Å². The van der Waals surface area contributed by atoms with E-state index >= 15 is 0 Å². The molecule has 19 heavy (non-hydrogen) atoms. The van der Waals surface area contributed by atoms with Crippen molar-refractivity contribution in [1.29, 1.82) is 5.26 Å². The lowest BCUT2D eigenvalue weighted by Gasteiger charge is -2.18. The zero-order valence-electron chi connectivity index (χ0n) is 11.4. The fourth-order valence-electron chi connectivity index (χ4n) is 1.14. The molecule has 0 saturated heterocycles. The summed E-state index contributed by atoms with van der Waals surface area (Å²) in [5.41, 5.74) is -0.0702. The molecule has 0 radical (unpaired) electrons. The number of nitrogens with one attached hydrogen (secondary N) is 1. The summed E-state index contributed by atoms with van der Waals surface area (Å²) in [4.78, 5) is 14.1. The number of hydrogen-bond acceptors (Lipinski definition) is 4. The Hall–Kier alpha value is -2.22. The van der Waals surface area contributed by atoms with Crippen LogP contribution in [-0.2, 0) is 4.79 Å². The molecule has 0 spiro atoms. The van der Waals surface area contributed by atoms with E-state index in [4.69, 9.17) is 5.26 Å². The summed E-state index contributed by atoms with van der Waals surface area (Å²) in [5.74, 6) is -0.614. The van der Waals surface area contributed by atoms with Crippen LogP contribution in [0, 0.1) is 11.3 Å². The molecule has 5 heteroatoms. The van der Waals surface area contributed by atoms with Crippen LogP contribution in [0.3, 0.4) is 0 Å². The Morgan fingerprint density at radius 2 is 2.21 bits per heavy atom. The van der Waals surface area contributed by atoms with Crippen LogP contribution >= 0.6 is 0 Å². The predicted octanol–water partition coefficient (Wildman–Crippen LogP) is 2.81. The van der Waals surface area contributed by atoms with E-state index in [-0.39, 0.29) is 5.70 Å². The molecule has 0 rings (SSSR count). The molecule has 102 valence electrons. The van der Waals surface area contributed by atoms with Crippen LogP contribution in [-0.4, -0.2) is 18.0 Å². The third-order valence-corrected chi connectivity index (χ3v) is 2.04. The second-order valence-corrected chi connectivity index (χ2v) is 4.32. The van der Waals surface area contributed by atoms with Crippen molar-refractivity contribution in [3.63, 3.8) is 0 Å². The summed E-state index contributed by atoms with van der Waals surface area (Å²) in [7, 11) is 0. The van der Waals surface area contributed by atoms with Crippen molar-refractivity contribution in [2.45, 2.75) is 32.7 Å². The Morgan fingerprint density at radius 3 is 2.68 bits per heavy atom. The lowest BCUT2D eigenvalue weighted by atomic mass is 10.1. The van der Waals surface area contributed by atoms with Gasteiger partial charge in [-0.2, -0.15) is 5.26 Å². The molecule has 0 atom stereocenters. The Kier molecular flexibility index (Phi) is 7.05. The Morgan fingerprint density at radius 1 is 1.58 bits per heavy atom. The molecule has 0 amide bonds. The fraction of sp³-hybridized carbons (Fsp3) is 0.357. The van der Waals surface area contributed by atoms with Crippen molar-refractivity contribution in [3.05, 3.63) is 36.0 Å². The average Bonchev–Trinajstić information content (AvgIpc) is 2.33. The normalized spacial score (nSPS) is 13.2. The highest BCUT2D eigenvalue weighted by atomic mass is 19.1. The van der Waals surface area contributed by atoms with Crippen LogP contribution in [0.5, 0.6) is 0 Å². The molecule has 0 aromatic rings. The van der Waals surface area contributed by atoms with Crippen molar-refractivity contribution in [1.82, 2.24) is 5.32 Å². The summed E-state index contributed by atoms with van der Waals surface area (Å²) in [6.07, 6.45) is 4.55. The van der Waals surface area contributed by atoms with Gasteiger partial charge in [0.25, 0.3) is 0 Å². The number of rotatable bonds is 7. The molecule has 0 aromatic heterocycles. The van der Waals surface area contributed by atoms with Crippen LogP contribution in [0.1, 0.15) is 27.2 Å². The van der Waals surface area contributed by atoms with Gasteiger partial charge in [0.2, 0.25) is 0 Å². The van der Waals surface area contributed by atoms with Gasteiger partial charge in [0.1, 0.15) is 17.7 Å². The van der Waals surface area contributed by atoms with E-state index in [9.17, 15) is 9.18 Å². The van der Waals surface area contributed by atoms with Gasteiger partial charge < -0.3 is 5.32 Å². The fourth-order valence-corrected chi connectivity index (χ4v) is 1.14. The second-order valence-electron chi connectivity index (χ2n) is 4.32. The molecular formula is C14H18FN3O. The van der Waals surface area contributed by atoms with Crippen LogP contribution in [0.2, 0.25) is 0 Å². The summed E-state index contributed by atoms with van der Waals surface area (Å²) in [5, 5.41) is 11.6. The van der Waals surface area contributed by atoms with Crippen molar-refractivity contribution < 1.29 is 9.18 Å². The zero-order valence-corrected chi connectivity index (χ0v) is 11.4. The lowest BCUT2D eigenvalue weighted by molar-refractivity contribution is -0.104. The lowest BCUT2D eigenvalue weighted by Crippen LogP contribution is -2.36. The summed E-state index contributed by atoms with van der Waals surface area (Å²) < 4.78 is 13.5. The number of aldehydes is 1. The molecule has 0 aliphatic heterocycles. The maximum absolute atomic E-state index is 13.5. The minimum Gasteiger partial charge on any atom is -0.368 e. The van der Waals surface area contributed by atoms with Gasteiger partial charge in [0.05, 0.1) is 12.3 Å². The first kappa shape index (κ1) is 16.8. The number of halogens is 1. The third-order valence-electron chi connectivity index (χ3n) is 2.04. The largest absolute Gasteiger partial charge is 0.368 e. The van der Waals surface area contributed by atoms with E-state index < -0.39 is 11.4 Å². The molecule has 0 aliphatic rings. The summed E-state index contributed by atoms with van der Waals surface area (Å²) >= 11 is 0. The number of carbonyl (C=O) groups is 1. The molecule has 0 unspecified atom stereocenters. The molecule has 0 heterocycles. The molecule has 0 saturated carbocycles. The Labute approximate surface area is 113 Å². The van der Waals surface area contributed by atoms with Crippen molar-refractivity contribution in [3.8, 4) is 6.07 Å². The first-order valence-electron chi connectivity index (χ1n) is 5.78. The van der Waals surface area contributed by atoms with Crippen LogP contribution in [0.25, 0.3) is 0 Å². The van der Waals surface area contributed by atoms with Crippen LogP contribution in [0.15, 0.2) is 40.9 Å². The minimum atomic E-state index is -0.822. The topological polar surface area (TPSA) is 65.2 Å². The number of hydrogen-bond donors (Lipinski definition) is 1. The van der Waals surface area contributed by atoms with Crippen molar-refractivity contribution in [2.24, 2.45) is 4.99 Å². The zero-order chi connectivity index (χ0) is 14.9. The molecule has 1 N–H and O–H groups in total. The molecule has 0 bridgehead atoms. The maximum Gasteiger partial charge on any atom is 0.144 e. The highest BCUT2D eigenvalue weighted by Crippen LogP contribution is 2.07. The molecule has 4 nitrogen and oxygen atoms in total.